The molecule has 0 aliphatic carbocycles. The van der Waals surface area contributed by atoms with Gasteiger partial charge in [-0.2, -0.15) is 0 Å². The van der Waals surface area contributed by atoms with Crippen molar-refractivity contribution in [2.75, 3.05) is 54.9 Å². The molecular formula is C15H23FN4O. The minimum absolute atomic E-state index is 0.392. The number of nitrogen functional groups attached to an aromatic ring is 1. The molecule has 5 nitrogen and oxygen atoms in total. The number of aromatic nitrogens is 1. The highest BCUT2D eigenvalue weighted by molar-refractivity contribution is 5.70. The van der Waals surface area contributed by atoms with Gasteiger partial charge in [0.05, 0.1) is 18.8 Å². The summed E-state index contributed by atoms with van der Waals surface area (Å²) in [5, 5.41) is 0. The van der Waals surface area contributed by atoms with Crippen molar-refractivity contribution in [1.82, 2.24) is 4.98 Å². The Kier molecular flexibility index (Phi) is 4.14. The first-order chi connectivity index (χ1) is 10.1. The molecule has 116 valence electrons. The van der Waals surface area contributed by atoms with E-state index in [0.29, 0.717) is 25.2 Å². The minimum Gasteiger partial charge on any atom is -0.396 e. The summed E-state index contributed by atoms with van der Waals surface area (Å²) in [5.74, 6) is 1.65. The van der Waals surface area contributed by atoms with Crippen molar-refractivity contribution in [2.24, 2.45) is 0 Å². The van der Waals surface area contributed by atoms with Crippen LogP contribution in [0.4, 0.5) is 21.7 Å². The first-order valence-electron chi connectivity index (χ1n) is 7.64. The second kappa shape index (κ2) is 6.05. The van der Waals surface area contributed by atoms with Crippen molar-refractivity contribution in [3.05, 3.63) is 11.6 Å². The molecule has 1 atom stereocenters. The average Bonchev–Trinajstić information content (AvgIpc) is 2.74. The summed E-state index contributed by atoms with van der Waals surface area (Å²) >= 11 is 0. The third kappa shape index (κ3) is 3.05. The fourth-order valence-electron chi connectivity index (χ4n) is 2.94. The Bertz CT molecular complexity index is 503. The van der Waals surface area contributed by atoms with Crippen LogP contribution in [0.5, 0.6) is 0 Å². The smallest absolute Gasteiger partial charge is 0.154 e. The van der Waals surface area contributed by atoms with E-state index in [-0.39, 0.29) is 0 Å². The minimum atomic E-state index is -0.776. The fraction of sp³-hybridized carbons (Fsp3) is 0.667. The summed E-state index contributed by atoms with van der Waals surface area (Å²) in [5.41, 5.74) is 7.84. The lowest BCUT2D eigenvalue weighted by Crippen LogP contribution is -2.29. The molecule has 0 unspecified atom stereocenters. The Labute approximate surface area is 124 Å². The highest BCUT2D eigenvalue weighted by Gasteiger charge is 2.26. The van der Waals surface area contributed by atoms with Gasteiger partial charge in [0.2, 0.25) is 0 Å². The van der Waals surface area contributed by atoms with Crippen LogP contribution in [-0.2, 0) is 4.74 Å². The molecule has 6 heteroatoms. The molecular weight excluding hydrogens is 271 g/mol. The maximum absolute atomic E-state index is 13.5. The van der Waals surface area contributed by atoms with E-state index in [1.54, 1.807) is 0 Å². The molecule has 1 aromatic heterocycles. The monoisotopic (exact) mass is 294 g/mol. The average molecular weight is 294 g/mol. The molecule has 2 N–H and O–H groups in total. The van der Waals surface area contributed by atoms with Gasteiger partial charge in [-0.05, 0) is 31.4 Å². The van der Waals surface area contributed by atoms with Gasteiger partial charge in [-0.15, -0.1) is 0 Å². The molecule has 2 fully saturated rings. The summed E-state index contributed by atoms with van der Waals surface area (Å²) < 4.78 is 19.0. The third-order valence-corrected chi connectivity index (χ3v) is 4.21. The van der Waals surface area contributed by atoms with Gasteiger partial charge in [0.25, 0.3) is 0 Å². The Hall–Kier alpha value is -1.56. The SMILES string of the molecule is Cc1cc(N2CCCOCC2)nc(N2CC[C@@H](F)C2)c1N. The van der Waals surface area contributed by atoms with E-state index in [1.165, 1.54) is 0 Å². The zero-order valence-corrected chi connectivity index (χ0v) is 12.5. The van der Waals surface area contributed by atoms with Gasteiger partial charge < -0.3 is 20.3 Å². The summed E-state index contributed by atoms with van der Waals surface area (Å²) in [4.78, 5) is 8.91. The molecule has 0 aromatic carbocycles. The van der Waals surface area contributed by atoms with E-state index in [0.717, 1.165) is 49.9 Å². The summed E-state index contributed by atoms with van der Waals surface area (Å²) in [6, 6.07) is 2.02. The van der Waals surface area contributed by atoms with Crippen molar-refractivity contribution in [1.29, 1.82) is 0 Å². The van der Waals surface area contributed by atoms with E-state index in [9.17, 15) is 4.39 Å². The van der Waals surface area contributed by atoms with E-state index < -0.39 is 6.17 Å². The Morgan fingerprint density at radius 1 is 1.29 bits per heavy atom. The van der Waals surface area contributed by atoms with Gasteiger partial charge in [-0.3, -0.25) is 0 Å². The van der Waals surface area contributed by atoms with Crippen LogP contribution in [0.25, 0.3) is 0 Å². The van der Waals surface area contributed by atoms with Crippen molar-refractivity contribution in [3.63, 3.8) is 0 Å². The molecule has 0 radical (unpaired) electrons. The molecule has 0 saturated carbocycles. The van der Waals surface area contributed by atoms with E-state index in [1.807, 2.05) is 17.9 Å². The van der Waals surface area contributed by atoms with Crippen LogP contribution in [0.1, 0.15) is 18.4 Å². The van der Waals surface area contributed by atoms with Gasteiger partial charge in [-0.1, -0.05) is 0 Å². The summed E-state index contributed by atoms with van der Waals surface area (Å²) in [6.45, 7) is 6.35. The molecule has 2 aliphatic heterocycles. The van der Waals surface area contributed by atoms with E-state index in [4.69, 9.17) is 15.5 Å². The second-order valence-electron chi connectivity index (χ2n) is 5.82. The van der Waals surface area contributed by atoms with Crippen LogP contribution in [0.3, 0.4) is 0 Å². The lowest BCUT2D eigenvalue weighted by atomic mass is 10.2. The largest absolute Gasteiger partial charge is 0.396 e. The van der Waals surface area contributed by atoms with Crippen LogP contribution in [0.15, 0.2) is 6.07 Å². The number of hydrogen-bond acceptors (Lipinski definition) is 5. The maximum atomic E-state index is 13.5. The second-order valence-corrected chi connectivity index (χ2v) is 5.82. The maximum Gasteiger partial charge on any atom is 0.154 e. The van der Waals surface area contributed by atoms with Crippen molar-refractivity contribution >= 4 is 17.3 Å². The predicted octanol–water partition coefficient (Wildman–Crippen LogP) is 1.75. The summed E-state index contributed by atoms with van der Waals surface area (Å²) in [7, 11) is 0. The highest BCUT2D eigenvalue weighted by atomic mass is 19.1. The lowest BCUT2D eigenvalue weighted by molar-refractivity contribution is 0.152. The van der Waals surface area contributed by atoms with E-state index in [2.05, 4.69) is 4.90 Å². The van der Waals surface area contributed by atoms with Crippen LogP contribution in [-0.4, -0.2) is 50.5 Å². The molecule has 1 aromatic rings. The fourth-order valence-corrected chi connectivity index (χ4v) is 2.94. The molecule has 21 heavy (non-hydrogen) atoms. The highest BCUT2D eigenvalue weighted by Crippen LogP contribution is 2.31. The number of hydrogen-bond donors (Lipinski definition) is 1. The number of anilines is 3. The first kappa shape index (κ1) is 14.4. The molecule has 0 bridgehead atoms. The van der Waals surface area contributed by atoms with Gasteiger partial charge in [-0.25, -0.2) is 9.37 Å². The van der Waals surface area contributed by atoms with Gasteiger partial charge in [0.15, 0.2) is 5.82 Å². The number of aryl methyl sites for hydroxylation is 1. The van der Waals surface area contributed by atoms with Crippen LogP contribution >= 0.6 is 0 Å². The van der Waals surface area contributed by atoms with Crippen LogP contribution in [0.2, 0.25) is 0 Å². The number of pyridine rings is 1. The number of alkyl halides is 1. The standard InChI is InChI=1S/C15H23FN4O/c1-11-9-13(19-4-2-7-21-8-6-19)18-15(14(11)17)20-5-3-12(16)10-20/h9,12H,2-8,10,17H2,1H3/t12-/m1/s1. The van der Waals surface area contributed by atoms with Crippen molar-refractivity contribution in [3.8, 4) is 0 Å². The predicted molar refractivity (Wildman–Crippen MR) is 82.8 cm³/mol. The number of rotatable bonds is 2. The zero-order valence-electron chi connectivity index (χ0n) is 12.5. The lowest BCUT2D eigenvalue weighted by Gasteiger charge is -2.25. The number of nitrogens with zero attached hydrogens (tertiary/aromatic N) is 3. The quantitative estimate of drug-likeness (QED) is 0.900. The summed E-state index contributed by atoms with van der Waals surface area (Å²) in [6.07, 6.45) is 0.778. The normalized spacial score (nSPS) is 23.4. The Balaban J connectivity index is 1.89. The number of ether oxygens (including phenoxy) is 1. The molecule has 2 aliphatic rings. The van der Waals surface area contributed by atoms with Crippen molar-refractivity contribution in [2.45, 2.75) is 25.9 Å². The number of nitrogens with two attached hydrogens (primary N) is 1. The molecule has 0 amide bonds. The number of halogens is 1. The van der Waals surface area contributed by atoms with Gasteiger partial charge in [0.1, 0.15) is 12.0 Å². The molecule has 3 heterocycles. The van der Waals surface area contributed by atoms with Gasteiger partial charge in [0, 0.05) is 26.2 Å². The van der Waals surface area contributed by atoms with E-state index >= 15 is 0 Å². The van der Waals surface area contributed by atoms with Crippen LogP contribution in [0, 0.1) is 6.92 Å². The zero-order chi connectivity index (χ0) is 14.8. The van der Waals surface area contributed by atoms with Gasteiger partial charge >= 0.3 is 0 Å². The molecule has 0 spiro atoms. The Morgan fingerprint density at radius 3 is 2.90 bits per heavy atom. The van der Waals surface area contributed by atoms with Crippen molar-refractivity contribution < 1.29 is 9.13 Å². The topological polar surface area (TPSA) is 54.6 Å². The molecule has 3 rings (SSSR count). The Morgan fingerprint density at radius 2 is 2.14 bits per heavy atom. The first-order valence-corrected chi connectivity index (χ1v) is 7.64. The van der Waals surface area contributed by atoms with Crippen LogP contribution < -0.4 is 15.5 Å². The third-order valence-electron chi connectivity index (χ3n) is 4.21. The molecule has 2 saturated heterocycles.